The van der Waals surface area contributed by atoms with Gasteiger partial charge in [0.1, 0.15) is 11.5 Å². The molecule has 1 aliphatic rings. The van der Waals surface area contributed by atoms with Crippen molar-refractivity contribution in [3.63, 3.8) is 0 Å². The number of carbonyl (C=O) groups is 1. The number of methoxy groups -OCH3 is 2. The van der Waals surface area contributed by atoms with E-state index in [4.69, 9.17) is 9.47 Å². The Morgan fingerprint density at radius 2 is 1.87 bits per heavy atom. The average Bonchev–Trinajstić information content (AvgIpc) is 2.77. The van der Waals surface area contributed by atoms with E-state index >= 15 is 0 Å². The van der Waals surface area contributed by atoms with E-state index in [0.29, 0.717) is 24.5 Å². The molecule has 1 atom stereocenters. The second-order valence-electron chi connectivity index (χ2n) is 7.04. The Bertz CT molecular complexity index is 1080. The lowest BCUT2D eigenvalue weighted by Crippen LogP contribution is -2.40. The number of phenolic OH excluding ortho intramolecular Hbond substituents is 2. The molecule has 154 valence electrons. The normalized spacial score (nSPS) is 15.4. The van der Waals surface area contributed by atoms with E-state index in [-0.39, 0.29) is 23.0 Å². The lowest BCUT2D eigenvalue weighted by Gasteiger charge is -2.38. The van der Waals surface area contributed by atoms with E-state index in [1.165, 1.54) is 12.1 Å². The predicted octanol–water partition coefficient (Wildman–Crippen LogP) is 3.30. The molecular weight excluding hydrogens is 384 g/mol. The third-order valence-corrected chi connectivity index (χ3v) is 5.35. The van der Waals surface area contributed by atoms with Crippen LogP contribution in [0.1, 0.15) is 33.1 Å². The highest BCUT2D eigenvalue weighted by Crippen LogP contribution is 2.41. The Balaban J connectivity index is 1.85. The van der Waals surface area contributed by atoms with Gasteiger partial charge in [-0.3, -0.25) is 9.78 Å². The van der Waals surface area contributed by atoms with Crippen LogP contribution in [-0.2, 0) is 6.42 Å². The van der Waals surface area contributed by atoms with Gasteiger partial charge in [-0.2, -0.15) is 0 Å². The molecule has 3 aromatic rings. The first-order valence-corrected chi connectivity index (χ1v) is 9.51. The number of benzene rings is 2. The van der Waals surface area contributed by atoms with Crippen molar-refractivity contribution in [3.05, 3.63) is 77.1 Å². The maximum atomic E-state index is 13.4. The highest BCUT2D eigenvalue weighted by Gasteiger charge is 2.34. The van der Waals surface area contributed by atoms with Crippen LogP contribution in [0.5, 0.6) is 23.0 Å². The molecule has 4 rings (SSSR count). The van der Waals surface area contributed by atoms with Crippen LogP contribution < -0.4 is 9.47 Å². The summed E-state index contributed by atoms with van der Waals surface area (Å²) in [7, 11) is 3.17. The summed E-state index contributed by atoms with van der Waals surface area (Å²) in [6.07, 6.45) is 4.03. The first-order valence-electron chi connectivity index (χ1n) is 9.51. The predicted molar refractivity (Wildman–Crippen MR) is 110 cm³/mol. The summed E-state index contributed by atoms with van der Waals surface area (Å²) in [6.45, 7) is 0.446. The van der Waals surface area contributed by atoms with Crippen LogP contribution in [0.2, 0.25) is 0 Å². The molecule has 0 bridgehead atoms. The molecule has 7 nitrogen and oxygen atoms in total. The second-order valence-corrected chi connectivity index (χ2v) is 7.04. The zero-order valence-electron chi connectivity index (χ0n) is 16.7. The smallest absolute Gasteiger partial charge is 0.258 e. The highest BCUT2D eigenvalue weighted by molar-refractivity contribution is 5.97. The minimum Gasteiger partial charge on any atom is -0.508 e. The Morgan fingerprint density at radius 1 is 1.10 bits per heavy atom. The van der Waals surface area contributed by atoms with Crippen molar-refractivity contribution in [1.82, 2.24) is 9.88 Å². The zero-order chi connectivity index (χ0) is 21.3. The number of hydrogen-bond acceptors (Lipinski definition) is 6. The minimum absolute atomic E-state index is 0.103. The highest BCUT2D eigenvalue weighted by atomic mass is 16.5. The van der Waals surface area contributed by atoms with Crippen molar-refractivity contribution >= 4 is 5.91 Å². The molecule has 1 amide bonds. The number of aromatic nitrogens is 1. The Kier molecular flexibility index (Phi) is 5.18. The van der Waals surface area contributed by atoms with Crippen molar-refractivity contribution in [2.24, 2.45) is 0 Å². The van der Waals surface area contributed by atoms with Gasteiger partial charge in [-0.15, -0.1) is 0 Å². The molecule has 2 aromatic carbocycles. The van der Waals surface area contributed by atoms with Crippen molar-refractivity contribution < 1.29 is 24.5 Å². The van der Waals surface area contributed by atoms with Gasteiger partial charge in [-0.1, -0.05) is 6.07 Å². The lowest BCUT2D eigenvalue weighted by molar-refractivity contribution is 0.0691. The van der Waals surface area contributed by atoms with E-state index in [1.807, 2.05) is 24.3 Å². The summed E-state index contributed by atoms with van der Waals surface area (Å²) in [4.78, 5) is 19.3. The maximum Gasteiger partial charge on any atom is 0.258 e. The van der Waals surface area contributed by atoms with Gasteiger partial charge in [-0.05, 0) is 53.4 Å². The summed E-state index contributed by atoms with van der Waals surface area (Å²) in [5.74, 6) is 0.516. The molecule has 2 heterocycles. The Hall–Kier alpha value is -3.74. The van der Waals surface area contributed by atoms with Crippen LogP contribution >= 0.6 is 0 Å². The van der Waals surface area contributed by atoms with Gasteiger partial charge < -0.3 is 24.6 Å². The zero-order valence-corrected chi connectivity index (χ0v) is 16.7. The molecule has 2 N–H and O–H groups in total. The van der Waals surface area contributed by atoms with Crippen LogP contribution in [-0.4, -0.2) is 46.8 Å². The SMILES string of the molecule is COc1cc2c(cc1OC)[C@H](c1cccnc1)N(C(=O)c1ccc(O)cc1O)CC2. The Labute approximate surface area is 174 Å². The number of ether oxygens (including phenoxy) is 2. The number of aromatic hydroxyl groups is 2. The molecule has 0 radical (unpaired) electrons. The lowest BCUT2D eigenvalue weighted by atomic mass is 9.87. The molecular formula is C23H22N2O5. The fourth-order valence-electron chi connectivity index (χ4n) is 3.92. The van der Waals surface area contributed by atoms with Gasteiger partial charge in [0.25, 0.3) is 5.91 Å². The minimum atomic E-state index is -0.414. The number of rotatable bonds is 4. The molecule has 0 saturated heterocycles. The molecule has 30 heavy (non-hydrogen) atoms. The topological polar surface area (TPSA) is 92.1 Å². The maximum absolute atomic E-state index is 13.4. The van der Waals surface area contributed by atoms with Crippen molar-refractivity contribution in [3.8, 4) is 23.0 Å². The van der Waals surface area contributed by atoms with Crippen LogP contribution in [0.25, 0.3) is 0 Å². The number of phenols is 2. The van der Waals surface area contributed by atoms with E-state index < -0.39 is 6.04 Å². The number of carbonyl (C=O) groups excluding carboxylic acids is 1. The van der Waals surface area contributed by atoms with Crippen molar-refractivity contribution in [2.45, 2.75) is 12.5 Å². The number of amides is 1. The number of hydrogen-bond donors (Lipinski definition) is 2. The molecule has 1 aliphatic heterocycles. The van der Waals surface area contributed by atoms with Gasteiger partial charge in [0.05, 0.1) is 25.8 Å². The van der Waals surface area contributed by atoms with Gasteiger partial charge in [0.2, 0.25) is 0 Å². The van der Waals surface area contributed by atoms with Crippen LogP contribution in [0, 0.1) is 0 Å². The second kappa shape index (κ2) is 7.94. The van der Waals surface area contributed by atoms with Gasteiger partial charge in [0, 0.05) is 25.0 Å². The fraction of sp³-hybridized carbons (Fsp3) is 0.217. The number of nitrogens with zero attached hydrogens (tertiary/aromatic N) is 2. The molecule has 0 spiro atoms. The van der Waals surface area contributed by atoms with E-state index in [1.54, 1.807) is 31.5 Å². The fourth-order valence-corrected chi connectivity index (χ4v) is 3.92. The summed E-state index contributed by atoms with van der Waals surface area (Å²) in [5, 5.41) is 19.8. The van der Waals surface area contributed by atoms with Crippen LogP contribution in [0.15, 0.2) is 54.9 Å². The quantitative estimate of drug-likeness (QED) is 0.691. The molecule has 1 aromatic heterocycles. The van der Waals surface area contributed by atoms with E-state index in [9.17, 15) is 15.0 Å². The van der Waals surface area contributed by atoms with Crippen molar-refractivity contribution in [2.75, 3.05) is 20.8 Å². The first kappa shape index (κ1) is 19.6. The molecule has 0 fully saturated rings. The monoisotopic (exact) mass is 406 g/mol. The summed E-state index contributed by atoms with van der Waals surface area (Å²) in [6, 6.07) is 11.1. The standard InChI is InChI=1S/C23H22N2O5/c1-29-20-10-14-7-9-25(23(28)17-6-5-16(26)11-19(17)27)22(15-4-3-8-24-13-15)18(14)12-21(20)30-2/h3-6,8,10-13,22,26-27H,7,9H2,1-2H3/t22-/m0/s1. The van der Waals surface area contributed by atoms with Gasteiger partial charge >= 0.3 is 0 Å². The number of pyridine rings is 1. The molecule has 0 unspecified atom stereocenters. The third-order valence-electron chi connectivity index (χ3n) is 5.35. The van der Waals surface area contributed by atoms with Gasteiger partial charge in [-0.25, -0.2) is 0 Å². The van der Waals surface area contributed by atoms with E-state index in [2.05, 4.69) is 4.98 Å². The largest absolute Gasteiger partial charge is 0.508 e. The third kappa shape index (κ3) is 3.39. The molecule has 7 heteroatoms. The summed E-state index contributed by atoms with van der Waals surface area (Å²) < 4.78 is 10.9. The Morgan fingerprint density at radius 3 is 2.53 bits per heavy atom. The van der Waals surface area contributed by atoms with Crippen LogP contribution in [0.3, 0.4) is 0 Å². The van der Waals surface area contributed by atoms with Gasteiger partial charge in [0.15, 0.2) is 11.5 Å². The summed E-state index contributed by atoms with van der Waals surface area (Å²) >= 11 is 0. The molecule has 0 saturated carbocycles. The first-order chi connectivity index (χ1) is 14.5. The number of fused-ring (bicyclic) bond motifs is 1. The summed E-state index contributed by atoms with van der Waals surface area (Å²) in [5.41, 5.74) is 2.95. The van der Waals surface area contributed by atoms with Crippen molar-refractivity contribution in [1.29, 1.82) is 0 Å². The van der Waals surface area contributed by atoms with E-state index in [0.717, 1.165) is 22.8 Å². The average molecular weight is 406 g/mol. The molecule has 0 aliphatic carbocycles. The van der Waals surface area contributed by atoms with Crippen LogP contribution in [0.4, 0.5) is 0 Å².